The Labute approximate surface area is 167 Å². The zero-order valence-corrected chi connectivity index (χ0v) is 16.9. The first-order valence-corrected chi connectivity index (χ1v) is 9.32. The number of hydrogen-bond donors (Lipinski definition) is 0. The zero-order valence-electron chi connectivity index (χ0n) is 16.2. The molecule has 154 valence electrons. The summed E-state index contributed by atoms with van der Waals surface area (Å²) in [6, 6.07) is 4.39. The summed E-state index contributed by atoms with van der Waals surface area (Å²) in [6.07, 6.45) is 0.425. The van der Waals surface area contributed by atoms with Crippen LogP contribution >= 0.6 is 11.6 Å². The third kappa shape index (κ3) is 4.80. The molecule has 1 aromatic carbocycles. The molecule has 0 amide bonds. The Hall–Kier alpha value is -2.19. The van der Waals surface area contributed by atoms with Gasteiger partial charge in [0.05, 0.1) is 37.1 Å². The second-order valence-electron chi connectivity index (χ2n) is 5.79. The van der Waals surface area contributed by atoms with E-state index in [0.29, 0.717) is 36.7 Å². The minimum atomic E-state index is -2.97. The van der Waals surface area contributed by atoms with E-state index in [0.717, 1.165) is 0 Å². The predicted octanol–water partition coefficient (Wildman–Crippen LogP) is 4.58. The highest BCUT2D eigenvalue weighted by molar-refractivity contribution is 6.32. The second kappa shape index (κ2) is 9.84. The molecule has 28 heavy (non-hydrogen) atoms. The first-order chi connectivity index (χ1) is 13.4. The lowest BCUT2D eigenvalue weighted by Crippen LogP contribution is -2.15. The molecule has 0 spiro atoms. The maximum Gasteiger partial charge on any atom is 0.387 e. The van der Waals surface area contributed by atoms with Crippen molar-refractivity contribution >= 4 is 17.6 Å². The maximum absolute atomic E-state index is 12.4. The van der Waals surface area contributed by atoms with Crippen molar-refractivity contribution in [1.29, 1.82) is 0 Å². The molecule has 0 radical (unpaired) electrons. The molecule has 0 N–H and O–H groups in total. The number of aromatic nitrogens is 2. The Bertz CT molecular complexity index is 827. The molecule has 0 saturated carbocycles. The van der Waals surface area contributed by atoms with Crippen LogP contribution in [0.1, 0.15) is 37.0 Å². The predicted molar refractivity (Wildman–Crippen MR) is 101 cm³/mol. The summed E-state index contributed by atoms with van der Waals surface area (Å²) >= 11 is 6.05. The fraction of sp³-hybridized carbons (Fsp3) is 0.474. The van der Waals surface area contributed by atoms with E-state index < -0.39 is 12.6 Å². The van der Waals surface area contributed by atoms with Gasteiger partial charge in [0.15, 0.2) is 5.69 Å². The van der Waals surface area contributed by atoms with Crippen molar-refractivity contribution in [3.8, 4) is 17.1 Å². The van der Waals surface area contributed by atoms with Crippen LogP contribution in [0.25, 0.3) is 11.4 Å². The van der Waals surface area contributed by atoms with Gasteiger partial charge in [-0.3, -0.25) is 0 Å². The molecule has 2 heterocycles. The number of alkyl halides is 2. The highest BCUT2D eigenvalue weighted by Crippen LogP contribution is 2.33. The van der Waals surface area contributed by atoms with Gasteiger partial charge in [-0.2, -0.15) is 8.78 Å². The Morgan fingerprint density at radius 2 is 2.11 bits per heavy atom. The van der Waals surface area contributed by atoms with Crippen LogP contribution in [0.2, 0.25) is 5.02 Å². The normalized spacial score (nSPS) is 15.9. The highest BCUT2D eigenvalue weighted by Gasteiger charge is 2.27. The first kappa shape index (κ1) is 22.1. The van der Waals surface area contributed by atoms with Gasteiger partial charge in [0.1, 0.15) is 11.6 Å². The lowest BCUT2D eigenvalue weighted by molar-refractivity contribution is -0.0497. The minimum absolute atomic E-state index is 0.0256. The Kier molecular flexibility index (Phi) is 7.77. The number of esters is 1. The van der Waals surface area contributed by atoms with E-state index in [1.165, 1.54) is 19.2 Å². The van der Waals surface area contributed by atoms with E-state index in [-0.39, 0.29) is 22.6 Å². The van der Waals surface area contributed by atoms with E-state index in [1.54, 1.807) is 6.07 Å². The molecule has 1 aliphatic rings. The average Bonchev–Trinajstić information content (AvgIpc) is 2.90. The van der Waals surface area contributed by atoms with Crippen molar-refractivity contribution in [1.82, 2.24) is 9.55 Å². The molecule has 1 atom stereocenters. The fourth-order valence-corrected chi connectivity index (χ4v) is 3.14. The summed E-state index contributed by atoms with van der Waals surface area (Å²) in [6.45, 7) is 3.90. The van der Waals surface area contributed by atoms with Crippen molar-refractivity contribution < 1.29 is 27.8 Å². The topological polar surface area (TPSA) is 62.6 Å². The third-order valence-electron chi connectivity index (χ3n) is 4.04. The van der Waals surface area contributed by atoms with Crippen molar-refractivity contribution in [2.45, 2.75) is 46.5 Å². The summed E-state index contributed by atoms with van der Waals surface area (Å²) in [5, 5.41) is 0.0256. The van der Waals surface area contributed by atoms with Gasteiger partial charge < -0.3 is 18.8 Å². The fourth-order valence-electron chi connectivity index (χ4n) is 2.92. The lowest BCUT2D eigenvalue weighted by Gasteiger charge is -2.13. The second-order valence-corrected chi connectivity index (χ2v) is 6.20. The quantitative estimate of drug-likeness (QED) is 0.683. The van der Waals surface area contributed by atoms with Crippen LogP contribution in [0.3, 0.4) is 0 Å². The monoisotopic (exact) mass is 416 g/mol. The summed E-state index contributed by atoms with van der Waals surface area (Å²) in [7, 11) is 1.29. The van der Waals surface area contributed by atoms with Crippen LogP contribution in [0, 0.1) is 0 Å². The number of nitrogens with zero attached hydrogens (tertiary/aromatic N) is 2. The van der Waals surface area contributed by atoms with E-state index >= 15 is 0 Å². The van der Waals surface area contributed by atoms with Gasteiger partial charge in [-0.05, 0) is 25.1 Å². The summed E-state index contributed by atoms with van der Waals surface area (Å²) < 4.78 is 41.5. The number of carbonyl (C=O) groups excluding carboxylic acids is 1. The first-order valence-electron chi connectivity index (χ1n) is 8.94. The molecular weight excluding hydrogens is 394 g/mol. The van der Waals surface area contributed by atoms with Crippen LogP contribution in [0.15, 0.2) is 18.2 Å². The van der Waals surface area contributed by atoms with Crippen LogP contribution in [0.5, 0.6) is 5.75 Å². The number of rotatable bonds is 4. The Morgan fingerprint density at radius 1 is 1.39 bits per heavy atom. The molecule has 3 rings (SSSR count). The standard InChI is InChI=1S/C17H17ClF2N2O4.C2H6/c1-9-8-22-12(5-6-25-9)14(16(23)24-2)21-15(22)10-3-4-13(11(18)7-10)26-17(19)20;1-2/h3-4,7,9,17H,5-6,8H2,1-2H3;1-2H3. The maximum atomic E-state index is 12.4. The summed E-state index contributed by atoms with van der Waals surface area (Å²) in [5.41, 5.74) is 1.49. The molecule has 6 nitrogen and oxygen atoms in total. The number of hydrogen-bond acceptors (Lipinski definition) is 5. The van der Waals surface area contributed by atoms with Gasteiger partial charge >= 0.3 is 12.6 Å². The van der Waals surface area contributed by atoms with Gasteiger partial charge in [-0.15, -0.1) is 0 Å². The SMILES string of the molecule is CC.COC(=O)c1nc(-c2ccc(OC(F)F)c(Cl)c2)n2c1CCOC(C)C2. The van der Waals surface area contributed by atoms with Crippen LogP contribution in [-0.4, -0.2) is 42.0 Å². The van der Waals surface area contributed by atoms with Crippen LogP contribution in [0.4, 0.5) is 8.78 Å². The highest BCUT2D eigenvalue weighted by atomic mass is 35.5. The number of imidazole rings is 1. The molecule has 0 saturated heterocycles. The molecule has 1 unspecified atom stereocenters. The van der Waals surface area contributed by atoms with Gasteiger partial charge in [-0.25, -0.2) is 9.78 Å². The number of benzene rings is 1. The smallest absolute Gasteiger partial charge is 0.387 e. The van der Waals surface area contributed by atoms with Crippen LogP contribution < -0.4 is 4.74 Å². The number of halogens is 3. The van der Waals surface area contributed by atoms with Gasteiger partial charge in [-0.1, -0.05) is 25.4 Å². The molecular formula is C19H23ClF2N2O4. The minimum Gasteiger partial charge on any atom is -0.464 e. The Morgan fingerprint density at radius 3 is 2.71 bits per heavy atom. The molecule has 9 heteroatoms. The third-order valence-corrected chi connectivity index (χ3v) is 4.33. The number of fused-ring (bicyclic) bond motifs is 1. The average molecular weight is 417 g/mol. The van der Waals surface area contributed by atoms with E-state index in [9.17, 15) is 13.6 Å². The van der Waals surface area contributed by atoms with E-state index in [1.807, 2.05) is 25.3 Å². The number of ether oxygens (including phenoxy) is 3. The summed E-state index contributed by atoms with van der Waals surface area (Å²) in [5.74, 6) is -0.181. The Balaban J connectivity index is 0.00000136. The molecule has 0 fully saturated rings. The van der Waals surface area contributed by atoms with Gasteiger partial charge in [0.25, 0.3) is 0 Å². The van der Waals surface area contributed by atoms with Crippen LogP contribution in [-0.2, 0) is 22.4 Å². The van der Waals surface area contributed by atoms with Crippen molar-refractivity contribution in [2.75, 3.05) is 13.7 Å². The largest absolute Gasteiger partial charge is 0.464 e. The van der Waals surface area contributed by atoms with Gasteiger partial charge in [0.2, 0.25) is 0 Å². The van der Waals surface area contributed by atoms with Crippen molar-refractivity contribution in [2.24, 2.45) is 0 Å². The van der Waals surface area contributed by atoms with Crippen molar-refractivity contribution in [3.05, 3.63) is 34.6 Å². The molecule has 0 aliphatic carbocycles. The van der Waals surface area contributed by atoms with E-state index in [4.69, 9.17) is 21.1 Å². The lowest BCUT2D eigenvalue weighted by atomic mass is 10.2. The van der Waals surface area contributed by atoms with Crippen molar-refractivity contribution in [3.63, 3.8) is 0 Å². The number of carbonyl (C=O) groups is 1. The molecule has 1 aromatic heterocycles. The molecule has 0 bridgehead atoms. The molecule has 2 aromatic rings. The zero-order chi connectivity index (χ0) is 20.8. The van der Waals surface area contributed by atoms with E-state index in [2.05, 4.69) is 9.72 Å². The summed E-state index contributed by atoms with van der Waals surface area (Å²) in [4.78, 5) is 16.5. The molecule has 1 aliphatic heterocycles. The number of methoxy groups -OCH3 is 1. The van der Waals surface area contributed by atoms with Gasteiger partial charge in [0, 0.05) is 12.0 Å².